The minimum absolute atomic E-state index is 0.530. The number of fused-ring (bicyclic) bond motifs is 1. The van der Waals surface area contributed by atoms with Gasteiger partial charge in [0, 0.05) is 25.0 Å². The van der Waals surface area contributed by atoms with Crippen LogP contribution >= 0.6 is 0 Å². The fourth-order valence-electron chi connectivity index (χ4n) is 1.68. The first kappa shape index (κ1) is 9.98. The number of aryl methyl sites for hydroxylation is 2. The molecule has 0 unspecified atom stereocenters. The molecule has 0 saturated heterocycles. The SMILES string of the molecule is Cc1nn(C)c2cc(OCCN)ccc12. The highest BCUT2D eigenvalue weighted by Crippen LogP contribution is 2.22. The Morgan fingerprint density at radius 3 is 3.00 bits per heavy atom. The second-order valence-corrected chi connectivity index (χ2v) is 3.53. The molecule has 0 bridgehead atoms. The molecule has 4 heteroatoms. The van der Waals surface area contributed by atoms with Crippen LogP contribution in [0.25, 0.3) is 10.9 Å². The summed E-state index contributed by atoms with van der Waals surface area (Å²) in [5.41, 5.74) is 7.51. The van der Waals surface area contributed by atoms with Gasteiger partial charge in [-0.3, -0.25) is 4.68 Å². The average Bonchev–Trinajstić information content (AvgIpc) is 2.52. The van der Waals surface area contributed by atoms with E-state index >= 15 is 0 Å². The second kappa shape index (κ2) is 3.90. The van der Waals surface area contributed by atoms with Crippen LogP contribution in [0.4, 0.5) is 0 Å². The lowest BCUT2D eigenvalue weighted by Gasteiger charge is -2.04. The van der Waals surface area contributed by atoms with E-state index in [4.69, 9.17) is 10.5 Å². The molecule has 2 aromatic rings. The van der Waals surface area contributed by atoms with Gasteiger partial charge in [-0.1, -0.05) is 0 Å². The van der Waals surface area contributed by atoms with Gasteiger partial charge in [-0.05, 0) is 19.1 Å². The number of hydrogen-bond acceptors (Lipinski definition) is 3. The van der Waals surface area contributed by atoms with Crippen LogP contribution in [0.1, 0.15) is 5.69 Å². The van der Waals surface area contributed by atoms with Gasteiger partial charge >= 0.3 is 0 Å². The third kappa shape index (κ3) is 1.80. The standard InChI is InChI=1S/C11H15N3O/c1-8-10-4-3-9(15-6-5-12)7-11(10)14(2)13-8/h3-4,7H,5-6,12H2,1-2H3. The smallest absolute Gasteiger partial charge is 0.121 e. The molecule has 80 valence electrons. The summed E-state index contributed by atoms with van der Waals surface area (Å²) in [6.07, 6.45) is 0. The molecule has 0 fully saturated rings. The second-order valence-electron chi connectivity index (χ2n) is 3.53. The monoisotopic (exact) mass is 205 g/mol. The fourth-order valence-corrected chi connectivity index (χ4v) is 1.68. The van der Waals surface area contributed by atoms with E-state index in [1.807, 2.05) is 36.9 Å². The minimum atomic E-state index is 0.530. The van der Waals surface area contributed by atoms with Gasteiger partial charge < -0.3 is 10.5 Å². The molecule has 0 radical (unpaired) electrons. The highest BCUT2D eigenvalue weighted by atomic mass is 16.5. The highest BCUT2D eigenvalue weighted by molar-refractivity contribution is 5.83. The molecule has 0 aliphatic rings. The maximum absolute atomic E-state index is 5.46. The van der Waals surface area contributed by atoms with Crippen LogP contribution in [-0.2, 0) is 7.05 Å². The van der Waals surface area contributed by atoms with Crippen LogP contribution in [0, 0.1) is 6.92 Å². The number of nitrogens with two attached hydrogens (primary N) is 1. The lowest BCUT2D eigenvalue weighted by Crippen LogP contribution is -2.10. The van der Waals surface area contributed by atoms with Crippen molar-refractivity contribution < 1.29 is 4.74 Å². The molecule has 2 N–H and O–H groups in total. The van der Waals surface area contributed by atoms with E-state index in [1.165, 1.54) is 0 Å². The summed E-state index contributed by atoms with van der Waals surface area (Å²) in [4.78, 5) is 0. The molecular weight excluding hydrogens is 190 g/mol. The summed E-state index contributed by atoms with van der Waals surface area (Å²) in [5.74, 6) is 0.843. The van der Waals surface area contributed by atoms with E-state index in [9.17, 15) is 0 Å². The summed E-state index contributed by atoms with van der Waals surface area (Å²) in [6, 6.07) is 5.97. The molecular formula is C11H15N3O. The van der Waals surface area contributed by atoms with Crippen molar-refractivity contribution in [2.45, 2.75) is 6.92 Å². The molecule has 0 aliphatic carbocycles. The molecule has 2 rings (SSSR count). The van der Waals surface area contributed by atoms with E-state index in [-0.39, 0.29) is 0 Å². The van der Waals surface area contributed by atoms with E-state index < -0.39 is 0 Å². The van der Waals surface area contributed by atoms with Crippen molar-refractivity contribution in [3.63, 3.8) is 0 Å². The van der Waals surface area contributed by atoms with Gasteiger partial charge in [-0.25, -0.2) is 0 Å². The van der Waals surface area contributed by atoms with Crippen molar-refractivity contribution in [1.82, 2.24) is 9.78 Å². The Kier molecular flexibility index (Phi) is 2.60. The van der Waals surface area contributed by atoms with E-state index in [1.54, 1.807) is 0 Å². The quantitative estimate of drug-likeness (QED) is 0.819. The molecule has 1 aromatic heterocycles. The first-order valence-electron chi connectivity index (χ1n) is 4.98. The highest BCUT2D eigenvalue weighted by Gasteiger charge is 2.05. The van der Waals surface area contributed by atoms with Gasteiger partial charge in [-0.2, -0.15) is 5.10 Å². The Hall–Kier alpha value is -1.55. The number of nitrogens with zero attached hydrogens (tertiary/aromatic N) is 2. The fraction of sp³-hybridized carbons (Fsp3) is 0.364. The Balaban J connectivity index is 2.41. The van der Waals surface area contributed by atoms with E-state index in [0.29, 0.717) is 13.2 Å². The van der Waals surface area contributed by atoms with Crippen molar-refractivity contribution in [3.05, 3.63) is 23.9 Å². The Morgan fingerprint density at radius 2 is 2.27 bits per heavy atom. The van der Waals surface area contributed by atoms with Crippen molar-refractivity contribution in [2.24, 2.45) is 12.8 Å². The maximum Gasteiger partial charge on any atom is 0.121 e. The van der Waals surface area contributed by atoms with Crippen molar-refractivity contribution in [3.8, 4) is 5.75 Å². The molecule has 0 aliphatic heterocycles. The first-order valence-corrected chi connectivity index (χ1v) is 4.98. The number of benzene rings is 1. The van der Waals surface area contributed by atoms with Crippen molar-refractivity contribution in [2.75, 3.05) is 13.2 Å². The van der Waals surface area contributed by atoms with E-state index in [0.717, 1.165) is 22.3 Å². The van der Waals surface area contributed by atoms with Crippen LogP contribution in [0.15, 0.2) is 18.2 Å². The number of aromatic nitrogens is 2. The maximum atomic E-state index is 5.46. The third-order valence-corrected chi connectivity index (χ3v) is 2.39. The van der Waals surface area contributed by atoms with Crippen LogP contribution in [0.3, 0.4) is 0 Å². The zero-order chi connectivity index (χ0) is 10.8. The molecule has 15 heavy (non-hydrogen) atoms. The molecule has 4 nitrogen and oxygen atoms in total. The normalized spacial score (nSPS) is 10.9. The van der Waals surface area contributed by atoms with Crippen LogP contribution < -0.4 is 10.5 Å². The number of rotatable bonds is 3. The number of hydrogen-bond donors (Lipinski definition) is 1. The molecule has 1 heterocycles. The van der Waals surface area contributed by atoms with Gasteiger partial charge in [0.05, 0.1) is 11.2 Å². The molecule has 0 atom stereocenters. The van der Waals surface area contributed by atoms with Gasteiger partial charge in [0.2, 0.25) is 0 Å². The largest absolute Gasteiger partial charge is 0.492 e. The third-order valence-electron chi connectivity index (χ3n) is 2.39. The Labute approximate surface area is 88.6 Å². The zero-order valence-corrected chi connectivity index (χ0v) is 9.03. The lowest BCUT2D eigenvalue weighted by molar-refractivity contribution is 0.328. The molecule has 0 saturated carbocycles. The van der Waals surface area contributed by atoms with Gasteiger partial charge in [-0.15, -0.1) is 0 Å². The van der Waals surface area contributed by atoms with Crippen LogP contribution in [0.2, 0.25) is 0 Å². The topological polar surface area (TPSA) is 53.1 Å². The van der Waals surface area contributed by atoms with Gasteiger partial charge in [0.15, 0.2) is 0 Å². The lowest BCUT2D eigenvalue weighted by atomic mass is 10.2. The molecule has 0 spiro atoms. The summed E-state index contributed by atoms with van der Waals surface area (Å²) < 4.78 is 7.32. The Bertz CT molecular complexity index is 476. The summed E-state index contributed by atoms with van der Waals surface area (Å²) in [7, 11) is 1.93. The van der Waals surface area contributed by atoms with Crippen LogP contribution in [-0.4, -0.2) is 22.9 Å². The number of ether oxygens (including phenoxy) is 1. The van der Waals surface area contributed by atoms with Crippen LogP contribution in [0.5, 0.6) is 5.75 Å². The summed E-state index contributed by atoms with van der Waals surface area (Å²) in [6.45, 7) is 3.08. The summed E-state index contributed by atoms with van der Waals surface area (Å²) >= 11 is 0. The van der Waals surface area contributed by atoms with Gasteiger partial charge in [0.25, 0.3) is 0 Å². The van der Waals surface area contributed by atoms with Crippen molar-refractivity contribution >= 4 is 10.9 Å². The Morgan fingerprint density at radius 1 is 1.47 bits per heavy atom. The molecule has 1 aromatic carbocycles. The summed E-state index contributed by atoms with van der Waals surface area (Å²) in [5, 5.41) is 5.51. The van der Waals surface area contributed by atoms with Crippen molar-refractivity contribution in [1.29, 1.82) is 0 Å². The molecule has 0 amide bonds. The minimum Gasteiger partial charge on any atom is -0.492 e. The predicted octanol–water partition coefficient (Wildman–Crippen LogP) is 1.22. The van der Waals surface area contributed by atoms with Gasteiger partial charge in [0.1, 0.15) is 12.4 Å². The average molecular weight is 205 g/mol. The first-order chi connectivity index (χ1) is 7.22. The zero-order valence-electron chi connectivity index (χ0n) is 9.03. The predicted molar refractivity (Wildman–Crippen MR) is 60.0 cm³/mol. The van der Waals surface area contributed by atoms with E-state index in [2.05, 4.69) is 5.10 Å².